The van der Waals surface area contributed by atoms with Crippen molar-refractivity contribution >= 4 is 5.91 Å². The Kier molecular flexibility index (Phi) is 2.76. The first kappa shape index (κ1) is 11.6. The van der Waals surface area contributed by atoms with Gasteiger partial charge in [-0.2, -0.15) is 4.39 Å². The van der Waals surface area contributed by atoms with Gasteiger partial charge in [-0.25, -0.2) is 9.37 Å². The van der Waals surface area contributed by atoms with Gasteiger partial charge >= 0.3 is 0 Å². The Morgan fingerprint density at radius 1 is 1.28 bits per heavy atom. The van der Waals surface area contributed by atoms with Crippen molar-refractivity contribution in [3.8, 4) is 0 Å². The molecule has 1 amide bonds. The Balaban J connectivity index is 1.75. The highest BCUT2D eigenvalue weighted by Crippen LogP contribution is 2.44. The van der Waals surface area contributed by atoms with Crippen LogP contribution in [-0.2, 0) is 0 Å². The van der Waals surface area contributed by atoms with Crippen LogP contribution in [0.15, 0.2) is 12.3 Å². The van der Waals surface area contributed by atoms with Crippen LogP contribution in [0.2, 0.25) is 0 Å². The van der Waals surface area contributed by atoms with Crippen molar-refractivity contribution in [2.75, 3.05) is 0 Å². The maximum atomic E-state index is 13.4. The fourth-order valence-electron chi connectivity index (χ4n) is 2.35. The van der Waals surface area contributed by atoms with Gasteiger partial charge in [-0.1, -0.05) is 0 Å². The monoisotopic (exact) mass is 252 g/mol. The first-order chi connectivity index (χ1) is 8.66. The van der Waals surface area contributed by atoms with Crippen LogP contribution in [0.5, 0.6) is 0 Å². The second-order valence-electron chi connectivity index (χ2n) is 5.14. The van der Waals surface area contributed by atoms with E-state index < -0.39 is 17.7 Å². The van der Waals surface area contributed by atoms with E-state index >= 15 is 0 Å². The van der Waals surface area contributed by atoms with Gasteiger partial charge in [-0.05, 0) is 43.6 Å². The Bertz CT molecular complexity index is 472. The maximum absolute atomic E-state index is 13.4. The molecule has 3 nitrogen and oxygen atoms in total. The van der Waals surface area contributed by atoms with Gasteiger partial charge in [0.1, 0.15) is 0 Å². The highest BCUT2D eigenvalue weighted by molar-refractivity contribution is 5.94. The number of hydrogen-bond donors (Lipinski definition) is 1. The molecule has 2 saturated carbocycles. The summed E-state index contributed by atoms with van der Waals surface area (Å²) in [6.07, 6.45) is 5.59. The molecule has 1 heterocycles. The minimum absolute atomic E-state index is 0.133. The van der Waals surface area contributed by atoms with Gasteiger partial charge in [0.05, 0.1) is 5.56 Å². The highest BCUT2D eigenvalue weighted by atomic mass is 19.2. The van der Waals surface area contributed by atoms with Crippen molar-refractivity contribution < 1.29 is 13.6 Å². The fraction of sp³-hybridized carbons (Fsp3) is 0.538. The zero-order valence-electron chi connectivity index (χ0n) is 9.83. The molecule has 2 aliphatic carbocycles. The second kappa shape index (κ2) is 4.30. The summed E-state index contributed by atoms with van der Waals surface area (Å²) in [7, 11) is 0. The van der Waals surface area contributed by atoms with Crippen LogP contribution in [0.3, 0.4) is 0 Å². The first-order valence-electron chi connectivity index (χ1n) is 6.27. The van der Waals surface area contributed by atoms with Gasteiger partial charge in [0.25, 0.3) is 5.91 Å². The molecule has 0 atom stereocenters. The van der Waals surface area contributed by atoms with Crippen LogP contribution in [0.1, 0.15) is 36.0 Å². The van der Waals surface area contributed by atoms with Gasteiger partial charge in [-0.3, -0.25) is 4.79 Å². The number of carbonyl (C=O) groups is 1. The van der Waals surface area contributed by atoms with Crippen molar-refractivity contribution in [3.63, 3.8) is 0 Å². The standard InChI is InChI=1S/C13H14F2N2O/c14-10-9(5-6-16-12(10)15)13(18)17-11(7-1-2-7)8-3-4-8/h5-8,11H,1-4H2,(H,17,18). The van der Waals surface area contributed by atoms with E-state index in [-0.39, 0.29) is 11.6 Å². The Hall–Kier alpha value is -1.52. The molecule has 18 heavy (non-hydrogen) atoms. The molecule has 2 aliphatic rings. The number of halogens is 2. The number of carbonyl (C=O) groups excluding carboxylic acids is 1. The lowest BCUT2D eigenvalue weighted by Crippen LogP contribution is -2.38. The second-order valence-corrected chi connectivity index (χ2v) is 5.14. The van der Waals surface area contributed by atoms with Crippen LogP contribution in [0, 0.1) is 23.6 Å². The maximum Gasteiger partial charge on any atom is 0.254 e. The van der Waals surface area contributed by atoms with Crippen LogP contribution >= 0.6 is 0 Å². The third kappa shape index (κ3) is 2.21. The van der Waals surface area contributed by atoms with E-state index in [1.54, 1.807) is 0 Å². The van der Waals surface area contributed by atoms with E-state index in [0.717, 1.165) is 31.9 Å². The lowest BCUT2D eigenvalue weighted by atomic mass is 10.1. The number of nitrogens with zero attached hydrogens (tertiary/aromatic N) is 1. The number of amides is 1. The van der Waals surface area contributed by atoms with Gasteiger partial charge in [0.2, 0.25) is 5.95 Å². The molecule has 5 heteroatoms. The van der Waals surface area contributed by atoms with Crippen molar-refractivity contribution in [1.82, 2.24) is 10.3 Å². The molecular formula is C13H14F2N2O. The average molecular weight is 252 g/mol. The minimum Gasteiger partial charge on any atom is -0.349 e. The van der Waals surface area contributed by atoms with E-state index in [1.807, 2.05) is 0 Å². The lowest BCUT2D eigenvalue weighted by molar-refractivity contribution is 0.0920. The molecule has 1 N–H and O–H groups in total. The summed E-state index contributed by atoms with van der Waals surface area (Å²) in [6.45, 7) is 0. The van der Waals surface area contributed by atoms with Crippen molar-refractivity contribution in [2.24, 2.45) is 11.8 Å². The quantitative estimate of drug-likeness (QED) is 0.835. The predicted molar refractivity (Wildman–Crippen MR) is 60.9 cm³/mol. The highest BCUT2D eigenvalue weighted by Gasteiger charge is 2.42. The molecular weight excluding hydrogens is 238 g/mol. The molecule has 3 rings (SSSR count). The Morgan fingerprint density at radius 3 is 2.44 bits per heavy atom. The summed E-state index contributed by atoms with van der Waals surface area (Å²) in [5.74, 6) is -1.87. The topological polar surface area (TPSA) is 42.0 Å². The summed E-state index contributed by atoms with van der Waals surface area (Å²) in [5, 5.41) is 2.85. The third-order valence-corrected chi connectivity index (χ3v) is 3.65. The first-order valence-corrected chi connectivity index (χ1v) is 6.27. The number of aromatic nitrogens is 1. The smallest absolute Gasteiger partial charge is 0.254 e. The van der Waals surface area contributed by atoms with Crippen molar-refractivity contribution in [3.05, 3.63) is 29.6 Å². The zero-order chi connectivity index (χ0) is 12.7. The van der Waals surface area contributed by atoms with Crippen LogP contribution in [0.25, 0.3) is 0 Å². The predicted octanol–water partition coefficient (Wildman–Crippen LogP) is 2.28. The molecule has 1 aromatic rings. The molecule has 0 radical (unpaired) electrons. The zero-order valence-corrected chi connectivity index (χ0v) is 9.83. The fourth-order valence-corrected chi connectivity index (χ4v) is 2.35. The molecule has 0 spiro atoms. The molecule has 0 aromatic carbocycles. The lowest BCUT2D eigenvalue weighted by Gasteiger charge is -2.17. The summed E-state index contributed by atoms with van der Waals surface area (Å²) >= 11 is 0. The largest absolute Gasteiger partial charge is 0.349 e. The Labute approximate surface area is 104 Å². The molecule has 0 saturated heterocycles. The summed E-state index contributed by atoms with van der Waals surface area (Å²) in [6, 6.07) is 1.35. The third-order valence-electron chi connectivity index (χ3n) is 3.65. The SMILES string of the molecule is O=C(NC(C1CC1)C1CC1)c1ccnc(F)c1F. The molecule has 1 aromatic heterocycles. The summed E-state index contributed by atoms with van der Waals surface area (Å²) in [4.78, 5) is 15.1. The van der Waals surface area contributed by atoms with E-state index in [4.69, 9.17) is 0 Å². The molecule has 0 bridgehead atoms. The molecule has 96 valence electrons. The van der Waals surface area contributed by atoms with Crippen LogP contribution in [-0.4, -0.2) is 16.9 Å². The van der Waals surface area contributed by atoms with E-state index in [2.05, 4.69) is 10.3 Å². The van der Waals surface area contributed by atoms with Crippen LogP contribution in [0.4, 0.5) is 8.78 Å². The normalized spacial score (nSPS) is 19.1. The number of nitrogens with one attached hydrogen (secondary N) is 1. The van der Waals surface area contributed by atoms with Crippen molar-refractivity contribution in [1.29, 1.82) is 0 Å². The number of hydrogen-bond acceptors (Lipinski definition) is 2. The molecule has 2 fully saturated rings. The summed E-state index contributed by atoms with van der Waals surface area (Å²) in [5.41, 5.74) is -0.256. The van der Waals surface area contributed by atoms with Crippen LogP contribution < -0.4 is 5.32 Å². The molecule has 0 unspecified atom stereocenters. The van der Waals surface area contributed by atoms with Gasteiger partial charge < -0.3 is 5.32 Å². The minimum atomic E-state index is -1.22. The van der Waals surface area contributed by atoms with E-state index in [1.165, 1.54) is 6.07 Å². The average Bonchev–Trinajstić information content (AvgIpc) is 3.22. The van der Waals surface area contributed by atoms with Gasteiger partial charge in [0, 0.05) is 12.2 Å². The number of pyridine rings is 1. The van der Waals surface area contributed by atoms with Crippen molar-refractivity contribution in [2.45, 2.75) is 31.7 Å². The molecule has 0 aliphatic heterocycles. The van der Waals surface area contributed by atoms with Gasteiger partial charge in [0.15, 0.2) is 5.82 Å². The van der Waals surface area contributed by atoms with Gasteiger partial charge in [-0.15, -0.1) is 0 Å². The Morgan fingerprint density at radius 2 is 1.89 bits per heavy atom. The summed E-state index contributed by atoms with van der Waals surface area (Å²) < 4.78 is 26.4. The van der Waals surface area contributed by atoms with E-state index in [0.29, 0.717) is 11.8 Å². The van der Waals surface area contributed by atoms with E-state index in [9.17, 15) is 13.6 Å². The number of rotatable bonds is 4.